The van der Waals surface area contributed by atoms with Crippen LogP contribution in [0.25, 0.3) is 10.9 Å². The number of fused-ring (bicyclic) bond motifs is 2. The van der Waals surface area contributed by atoms with E-state index in [-0.39, 0.29) is 28.9 Å². The average molecular weight is 516 g/mol. The Morgan fingerprint density at radius 3 is 2.49 bits per heavy atom. The van der Waals surface area contributed by atoms with Crippen molar-refractivity contribution < 1.29 is 23.9 Å². The van der Waals surface area contributed by atoms with Gasteiger partial charge >= 0.3 is 5.97 Å². The predicted octanol–water partition coefficient (Wildman–Crippen LogP) is 3.49. The van der Waals surface area contributed by atoms with Crippen molar-refractivity contribution in [3.63, 3.8) is 0 Å². The van der Waals surface area contributed by atoms with Crippen molar-refractivity contribution in [1.82, 2.24) is 20.4 Å². The highest BCUT2D eigenvalue weighted by Gasteiger charge is 2.37. The lowest BCUT2D eigenvalue weighted by Crippen LogP contribution is -2.45. The quantitative estimate of drug-likeness (QED) is 0.217. The monoisotopic (exact) mass is 515 g/mol. The number of rotatable bonds is 7. The lowest BCUT2D eigenvalue weighted by Gasteiger charge is -2.14. The van der Waals surface area contributed by atoms with Gasteiger partial charge in [0, 0.05) is 46.8 Å². The molecule has 0 atom stereocenters. The second-order valence-corrected chi connectivity index (χ2v) is 8.40. The summed E-state index contributed by atoms with van der Waals surface area (Å²) in [5, 5.41) is 5.28. The van der Waals surface area contributed by atoms with Crippen LogP contribution in [-0.4, -0.2) is 51.8 Å². The number of anilines is 1. The number of nitrogens with one attached hydrogen (secondary N) is 2. The van der Waals surface area contributed by atoms with Crippen LogP contribution in [0.2, 0.25) is 5.02 Å². The van der Waals surface area contributed by atoms with Crippen LogP contribution in [0, 0.1) is 0 Å². The molecule has 0 bridgehead atoms. The third-order valence-corrected chi connectivity index (χ3v) is 5.87. The highest BCUT2D eigenvalue weighted by molar-refractivity contribution is 6.31. The first-order valence-corrected chi connectivity index (χ1v) is 11.5. The molecule has 0 saturated carbocycles. The van der Waals surface area contributed by atoms with E-state index in [0.717, 1.165) is 16.6 Å². The van der Waals surface area contributed by atoms with Gasteiger partial charge in [-0.15, -0.1) is 0 Å². The number of benzene rings is 2. The minimum absolute atomic E-state index is 0.00507. The fourth-order valence-electron chi connectivity index (χ4n) is 3.83. The van der Waals surface area contributed by atoms with E-state index in [1.54, 1.807) is 24.4 Å². The van der Waals surface area contributed by atoms with Crippen molar-refractivity contribution in [1.29, 1.82) is 0 Å². The molecule has 0 aliphatic carbocycles. The Labute approximate surface area is 215 Å². The Morgan fingerprint density at radius 1 is 0.892 bits per heavy atom. The highest BCUT2D eigenvalue weighted by atomic mass is 35.5. The molecule has 2 N–H and O–H groups in total. The highest BCUT2D eigenvalue weighted by Crippen LogP contribution is 2.25. The van der Waals surface area contributed by atoms with Crippen LogP contribution in [0.3, 0.4) is 0 Å². The topological polar surface area (TPSA) is 131 Å². The van der Waals surface area contributed by atoms with Gasteiger partial charge in [0.1, 0.15) is 6.61 Å². The molecule has 0 fully saturated rings. The number of hydrogen-bond donors (Lipinski definition) is 2. The molecule has 3 amide bonds. The number of imide groups is 1. The molecule has 1 aliphatic rings. The number of aromatic nitrogens is 2. The molecular formula is C26H18ClN5O5. The van der Waals surface area contributed by atoms with E-state index >= 15 is 0 Å². The molecule has 184 valence electrons. The smallest absolute Gasteiger partial charge is 0.338 e. The van der Waals surface area contributed by atoms with Gasteiger partial charge < -0.3 is 10.1 Å². The molecule has 4 aromatic rings. The summed E-state index contributed by atoms with van der Waals surface area (Å²) in [6.45, 7) is 0.374. The van der Waals surface area contributed by atoms with Gasteiger partial charge in [0.15, 0.2) is 0 Å². The third-order valence-electron chi connectivity index (χ3n) is 5.63. The Hall–Kier alpha value is -4.83. The second-order valence-electron chi connectivity index (χ2n) is 7.97. The fraction of sp³-hybridized carbons (Fsp3) is 0.0769. The SMILES string of the molecule is O=C(NN1C(=O)c2ccc(C(=O)OCCNc3ccnc4cc(Cl)ccc34)cc2C1=O)c1ccncc1. The summed E-state index contributed by atoms with van der Waals surface area (Å²) in [4.78, 5) is 58.5. The van der Waals surface area contributed by atoms with E-state index in [0.29, 0.717) is 16.6 Å². The predicted molar refractivity (Wildman–Crippen MR) is 134 cm³/mol. The molecule has 2 aromatic carbocycles. The normalized spacial score (nSPS) is 12.4. The first-order chi connectivity index (χ1) is 17.9. The summed E-state index contributed by atoms with van der Waals surface area (Å²) in [5.41, 5.74) is 4.24. The van der Waals surface area contributed by atoms with Crippen LogP contribution in [0.15, 0.2) is 73.2 Å². The number of hydrogen-bond acceptors (Lipinski definition) is 8. The van der Waals surface area contributed by atoms with E-state index < -0.39 is 23.7 Å². The molecule has 1 aliphatic heterocycles. The molecule has 11 heteroatoms. The molecule has 2 aromatic heterocycles. The minimum Gasteiger partial charge on any atom is -0.460 e. The minimum atomic E-state index is -0.747. The maximum absolute atomic E-state index is 12.8. The standard InChI is InChI=1S/C26H18ClN5O5/c27-17-2-4-19-21(7-10-29-22(19)14-17)30-11-12-37-26(36)16-1-3-18-20(13-16)25(35)32(24(18)34)31-23(33)15-5-8-28-9-6-15/h1-10,13-14H,11-12H2,(H,29,30)(H,31,33). The summed E-state index contributed by atoms with van der Waals surface area (Å²) >= 11 is 6.02. The number of carbonyl (C=O) groups excluding carboxylic acids is 4. The van der Waals surface area contributed by atoms with Gasteiger partial charge in [0.2, 0.25) is 0 Å². The Kier molecular flexibility index (Phi) is 6.48. The lowest BCUT2D eigenvalue weighted by atomic mass is 10.1. The van der Waals surface area contributed by atoms with Gasteiger partial charge in [0.25, 0.3) is 17.7 Å². The maximum atomic E-state index is 12.8. The summed E-state index contributed by atoms with van der Waals surface area (Å²) in [7, 11) is 0. The van der Waals surface area contributed by atoms with Gasteiger partial charge in [-0.25, -0.2) is 4.79 Å². The number of hydrazine groups is 1. The van der Waals surface area contributed by atoms with Gasteiger partial charge in [-0.05, 0) is 54.6 Å². The van der Waals surface area contributed by atoms with Crippen molar-refractivity contribution in [2.75, 3.05) is 18.5 Å². The lowest BCUT2D eigenvalue weighted by molar-refractivity contribution is 0.0516. The zero-order chi connectivity index (χ0) is 25.9. The number of nitrogens with zero attached hydrogens (tertiary/aromatic N) is 3. The summed E-state index contributed by atoms with van der Waals surface area (Å²) in [6.07, 6.45) is 4.48. The summed E-state index contributed by atoms with van der Waals surface area (Å²) in [5.74, 6) is -2.75. The van der Waals surface area contributed by atoms with E-state index in [1.165, 1.54) is 42.7 Å². The van der Waals surface area contributed by atoms with Gasteiger partial charge in [0.05, 0.1) is 22.2 Å². The van der Waals surface area contributed by atoms with E-state index in [2.05, 4.69) is 20.7 Å². The molecule has 0 saturated heterocycles. The number of esters is 1. The molecule has 37 heavy (non-hydrogen) atoms. The molecule has 0 spiro atoms. The average Bonchev–Trinajstić information content (AvgIpc) is 3.15. The number of ether oxygens (including phenoxy) is 1. The zero-order valence-corrected chi connectivity index (χ0v) is 19.9. The van der Waals surface area contributed by atoms with E-state index in [4.69, 9.17) is 16.3 Å². The maximum Gasteiger partial charge on any atom is 0.338 e. The van der Waals surface area contributed by atoms with E-state index in [9.17, 15) is 19.2 Å². The van der Waals surface area contributed by atoms with Crippen LogP contribution < -0.4 is 10.7 Å². The van der Waals surface area contributed by atoms with Gasteiger partial charge in [-0.3, -0.25) is 29.8 Å². The fourth-order valence-corrected chi connectivity index (χ4v) is 3.99. The van der Waals surface area contributed by atoms with Crippen molar-refractivity contribution in [2.24, 2.45) is 0 Å². The van der Waals surface area contributed by atoms with E-state index in [1.807, 2.05) is 6.07 Å². The Bertz CT molecular complexity index is 1560. The zero-order valence-electron chi connectivity index (χ0n) is 19.1. The van der Waals surface area contributed by atoms with Crippen LogP contribution in [0.1, 0.15) is 41.4 Å². The second kappa shape index (κ2) is 10.0. The first kappa shape index (κ1) is 23.9. The molecular weight excluding hydrogens is 498 g/mol. The third kappa shape index (κ3) is 4.82. The molecule has 10 nitrogen and oxygen atoms in total. The van der Waals surface area contributed by atoms with Crippen LogP contribution >= 0.6 is 11.6 Å². The summed E-state index contributed by atoms with van der Waals surface area (Å²) in [6, 6.07) is 14.1. The number of pyridine rings is 2. The van der Waals surface area contributed by atoms with Crippen LogP contribution in [-0.2, 0) is 4.74 Å². The molecule has 0 radical (unpaired) electrons. The Balaban J connectivity index is 1.20. The number of halogens is 1. The van der Waals surface area contributed by atoms with Crippen LogP contribution in [0.4, 0.5) is 5.69 Å². The Morgan fingerprint density at radius 2 is 1.68 bits per heavy atom. The largest absolute Gasteiger partial charge is 0.460 e. The van der Waals surface area contributed by atoms with Gasteiger partial charge in [-0.2, -0.15) is 5.01 Å². The van der Waals surface area contributed by atoms with Gasteiger partial charge in [-0.1, -0.05) is 11.6 Å². The molecule has 5 rings (SSSR count). The van der Waals surface area contributed by atoms with Crippen molar-refractivity contribution in [3.8, 4) is 0 Å². The van der Waals surface area contributed by atoms with Crippen molar-refractivity contribution >= 4 is 51.9 Å². The number of amides is 3. The molecule has 0 unspecified atom stereocenters. The number of carbonyl (C=O) groups is 4. The van der Waals surface area contributed by atoms with Crippen molar-refractivity contribution in [2.45, 2.75) is 0 Å². The summed E-state index contributed by atoms with van der Waals surface area (Å²) < 4.78 is 5.33. The first-order valence-electron chi connectivity index (χ1n) is 11.1. The van der Waals surface area contributed by atoms with Crippen LogP contribution in [0.5, 0.6) is 0 Å². The van der Waals surface area contributed by atoms with Crippen molar-refractivity contribution in [3.05, 3.63) is 100 Å². The molecule has 3 heterocycles.